The molecule has 0 saturated heterocycles. The maximum absolute atomic E-state index is 4.01. The molecule has 1 heterocycles. The van der Waals surface area contributed by atoms with Crippen molar-refractivity contribution in [2.75, 3.05) is 6.54 Å². The van der Waals surface area contributed by atoms with Crippen molar-refractivity contribution in [2.24, 2.45) is 0 Å². The summed E-state index contributed by atoms with van der Waals surface area (Å²) in [4.78, 5) is 7.13. The third-order valence-corrected chi connectivity index (χ3v) is 3.15. The Hall–Kier alpha value is -1.61. The molecule has 18 heavy (non-hydrogen) atoms. The second kappa shape index (κ2) is 6.97. The molecule has 0 saturated carbocycles. The Morgan fingerprint density at radius 3 is 2.78 bits per heavy atom. The molecular formula is C15H21N3. The molecule has 0 fully saturated rings. The van der Waals surface area contributed by atoms with Crippen LogP contribution in [-0.2, 0) is 12.8 Å². The fourth-order valence-electron chi connectivity index (χ4n) is 2.00. The first-order valence-corrected chi connectivity index (χ1v) is 6.59. The fraction of sp³-hybridized carbons (Fsp3) is 0.400. The topological polar surface area (TPSA) is 40.7 Å². The monoisotopic (exact) mass is 243 g/mol. The van der Waals surface area contributed by atoms with Crippen LogP contribution < -0.4 is 5.32 Å². The number of rotatable bonds is 7. The maximum Gasteiger partial charge on any atom is 0.0921 e. The first kappa shape index (κ1) is 12.8. The maximum atomic E-state index is 4.01. The standard InChI is InChI=1S/C15H21N3/c1-13(7-8-14-5-3-2-4-6-14)17-10-9-15-11-16-12-18-15/h2-6,11-13,17H,7-10H2,1H3,(H,16,18). The van der Waals surface area contributed by atoms with Gasteiger partial charge in [-0.25, -0.2) is 4.98 Å². The molecule has 3 nitrogen and oxygen atoms in total. The van der Waals surface area contributed by atoms with Gasteiger partial charge < -0.3 is 10.3 Å². The van der Waals surface area contributed by atoms with Crippen molar-refractivity contribution in [3.05, 3.63) is 54.1 Å². The van der Waals surface area contributed by atoms with Crippen molar-refractivity contribution in [1.29, 1.82) is 0 Å². The summed E-state index contributed by atoms with van der Waals surface area (Å²) in [5, 5.41) is 3.54. The van der Waals surface area contributed by atoms with E-state index in [0.717, 1.165) is 19.4 Å². The molecule has 2 rings (SSSR count). The number of aryl methyl sites for hydroxylation is 1. The Labute approximate surface area is 109 Å². The number of benzene rings is 1. The molecular weight excluding hydrogens is 222 g/mol. The van der Waals surface area contributed by atoms with Crippen LogP contribution in [-0.4, -0.2) is 22.6 Å². The van der Waals surface area contributed by atoms with E-state index < -0.39 is 0 Å². The molecule has 1 aromatic carbocycles. The summed E-state index contributed by atoms with van der Waals surface area (Å²) in [5.74, 6) is 0. The van der Waals surface area contributed by atoms with Gasteiger partial charge in [0.25, 0.3) is 0 Å². The number of hydrogen-bond acceptors (Lipinski definition) is 2. The summed E-state index contributed by atoms with van der Waals surface area (Å²) in [5.41, 5.74) is 2.61. The highest BCUT2D eigenvalue weighted by molar-refractivity contribution is 5.14. The van der Waals surface area contributed by atoms with Gasteiger partial charge >= 0.3 is 0 Å². The van der Waals surface area contributed by atoms with E-state index >= 15 is 0 Å². The summed E-state index contributed by atoms with van der Waals surface area (Å²) in [7, 11) is 0. The Bertz CT molecular complexity index is 422. The number of aromatic nitrogens is 2. The van der Waals surface area contributed by atoms with Gasteiger partial charge in [-0.1, -0.05) is 30.3 Å². The third-order valence-electron chi connectivity index (χ3n) is 3.15. The van der Waals surface area contributed by atoms with Crippen LogP contribution in [0.1, 0.15) is 24.6 Å². The lowest BCUT2D eigenvalue weighted by Crippen LogP contribution is -2.28. The highest BCUT2D eigenvalue weighted by atomic mass is 14.9. The zero-order chi connectivity index (χ0) is 12.6. The van der Waals surface area contributed by atoms with Crippen molar-refractivity contribution in [2.45, 2.75) is 32.2 Å². The number of imidazole rings is 1. The predicted molar refractivity (Wildman–Crippen MR) is 74.5 cm³/mol. The smallest absolute Gasteiger partial charge is 0.0921 e. The summed E-state index contributed by atoms with van der Waals surface area (Å²) in [6.45, 7) is 3.24. The summed E-state index contributed by atoms with van der Waals surface area (Å²) >= 11 is 0. The lowest BCUT2D eigenvalue weighted by molar-refractivity contribution is 0.516. The minimum atomic E-state index is 0.549. The zero-order valence-electron chi connectivity index (χ0n) is 10.9. The molecule has 0 amide bonds. The normalized spacial score (nSPS) is 12.5. The van der Waals surface area contributed by atoms with Gasteiger partial charge in [-0.15, -0.1) is 0 Å². The van der Waals surface area contributed by atoms with Crippen LogP contribution in [0.3, 0.4) is 0 Å². The second-order valence-corrected chi connectivity index (χ2v) is 4.71. The Morgan fingerprint density at radius 2 is 2.06 bits per heavy atom. The molecule has 1 unspecified atom stereocenters. The quantitative estimate of drug-likeness (QED) is 0.784. The van der Waals surface area contributed by atoms with Crippen molar-refractivity contribution < 1.29 is 0 Å². The van der Waals surface area contributed by atoms with E-state index in [-0.39, 0.29) is 0 Å². The Balaban J connectivity index is 1.62. The van der Waals surface area contributed by atoms with Gasteiger partial charge in [-0.3, -0.25) is 0 Å². The molecule has 0 aliphatic rings. The first-order chi connectivity index (χ1) is 8.84. The molecule has 1 atom stereocenters. The van der Waals surface area contributed by atoms with E-state index in [9.17, 15) is 0 Å². The van der Waals surface area contributed by atoms with Crippen molar-refractivity contribution in [3.63, 3.8) is 0 Å². The number of aromatic amines is 1. The van der Waals surface area contributed by atoms with Gasteiger partial charge in [0.2, 0.25) is 0 Å². The van der Waals surface area contributed by atoms with E-state index in [2.05, 4.69) is 52.5 Å². The van der Waals surface area contributed by atoms with E-state index in [0.29, 0.717) is 6.04 Å². The van der Waals surface area contributed by atoms with Crippen LogP contribution in [0, 0.1) is 0 Å². The Morgan fingerprint density at radius 1 is 1.22 bits per heavy atom. The molecule has 2 N–H and O–H groups in total. The highest BCUT2D eigenvalue weighted by Gasteiger charge is 2.02. The third kappa shape index (κ3) is 4.34. The van der Waals surface area contributed by atoms with Gasteiger partial charge in [-0.2, -0.15) is 0 Å². The van der Waals surface area contributed by atoms with Gasteiger partial charge in [-0.05, 0) is 25.3 Å². The van der Waals surface area contributed by atoms with Gasteiger partial charge in [0.1, 0.15) is 0 Å². The van der Waals surface area contributed by atoms with Crippen molar-refractivity contribution >= 4 is 0 Å². The number of H-pyrrole nitrogens is 1. The van der Waals surface area contributed by atoms with E-state index in [1.165, 1.54) is 17.7 Å². The van der Waals surface area contributed by atoms with Crippen LogP contribution in [0.2, 0.25) is 0 Å². The minimum Gasteiger partial charge on any atom is -0.348 e. The Kier molecular flexibility index (Phi) is 4.97. The molecule has 0 bridgehead atoms. The van der Waals surface area contributed by atoms with Crippen molar-refractivity contribution in [1.82, 2.24) is 15.3 Å². The highest BCUT2D eigenvalue weighted by Crippen LogP contribution is 2.04. The molecule has 2 aromatic rings. The first-order valence-electron chi connectivity index (χ1n) is 6.59. The molecule has 1 aromatic heterocycles. The van der Waals surface area contributed by atoms with Crippen LogP contribution in [0.5, 0.6) is 0 Å². The van der Waals surface area contributed by atoms with Crippen LogP contribution in [0.15, 0.2) is 42.9 Å². The molecule has 3 heteroatoms. The number of nitrogens with one attached hydrogen (secondary N) is 2. The van der Waals surface area contributed by atoms with Gasteiger partial charge in [0.05, 0.1) is 6.33 Å². The molecule has 0 aliphatic carbocycles. The van der Waals surface area contributed by atoms with Crippen LogP contribution >= 0.6 is 0 Å². The van der Waals surface area contributed by atoms with Crippen molar-refractivity contribution in [3.8, 4) is 0 Å². The molecule has 96 valence electrons. The SMILES string of the molecule is CC(CCc1ccccc1)NCCc1cnc[nH]1. The summed E-state index contributed by atoms with van der Waals surface area (Å²) in [6, 6.07) is 11.2. The van der Waals surface area contributed by atoms with Crippen LogP contribution in [0.25, 0.3) is 0 Å². The van der Waals surface area contributed by atoms with E-state index in [1.54, 1.807) is 6.33 Å². The second-order valence-electron chi connectivity index (χ2n) is 4.71. The van der Waals surface area contributed by atoms with Crippen LogP contribution in [0.4, 0.5) is 0 Å². The van der Waals surface area contributed by atoms with E-state index in [4.69, 9.17) is 0 Å². The molecule has 0 radical (unpaired) electrons. The molecule has 0 aliphatic heterocycles. The molecule has 0 spiro atoms. The largest absolute Gasteiger partial charge is 0.348 e. The summed E-state index contributed by atoms with van der Waals surface area (Å²) in [6.07, 6.45) is 6.94. The predicted octanol–water partition coefficient (Wildman–Crippen LogP) is 2.56. The fourth-order valence-corrected chi connectivity index (χ4v) is 2.00. The average Bonchev–Trinajstić information content (AvgIpc) is 2.91. The number of nitrogens with zero attached hydrogens (tertiary/aromatic N) is 1. The van der Waals surface area contributed by atoms with Gasteiger partial charge in [0.15, 0.2) is 0 Å². The zero-order valence-corrected chi connectivity index (χ0v) is 10.9. The number of hydrogen-bond donors (Lipinski definition) is 2. The lowest BCUT2D eigenvalue weighted by atomic mass is 10.1. The summed E-state index contributed by atoms with van der Waals surface area (Å²) < 4.78 is 0. The lowest BCUT2D eigenvalue weighted by Gasteiger charge is -2.13. The minimum absolute atomic E-state index is 0.549. The average molecular weight is 243 g/mol. The van der Waals surface area contributed by atoms with E-state index in [1.807, 2.05) is 6.20 Å². The van der Waals surface area contributed by atoms with Gasteiger partial charge in [0, 0.05) is 30.9 Å².